The minimum absolute atomic E-state index is 0.129. The summed E-state index contributed by atoms with van der Waals surface area (Å²) in [6, 6.07) is 0. The van der Waals surface area contributed by atoms with Crippen molar-refractivity contribution in [2.75, 3.05) is 0 Å². The van der Waals surface area contributed by atoms with Gasteiger partial charge < -0.3 is 0 Å². The topological polar surface area (TPSA) is 0 Å². The van der Waals surface area contributed by atoms with Gasteiger partial charge in [0.25, 0.3) is 0 Å². The maximum Gasteiger partial charge on any atom is -0.0151 e. The summed E-state index contributed by atoms with van der Waals surface area (Å²) in [5, 5.41) is 0. The van der Waals surface area contributed by atoms with Crippen molar-refractivity contribution in [3.8, 4) is 0 Å². The molecule has 0 aromatic heterocycles. The summed E-state index contributed by atoms with van der Waals surface area (Å²) in [7, 11) is 0. The van der Waals surface area contributed by atoms with Crippen LogP contribution in [0, 0.1) is 66.5 Å². The Hall–Kier alpha value is 0. The average molecular weight is 433 g/mol. The summed E-state index contributed by atoms with van der Waals surface area (Å²) in [4.78, 5) is 0. The van der Waals surface area contributed by atoms with Crippen LogP contribution in [0.15, 0.2) is 0 Å². The Morgan fingerprint density at radius 1 is 0.355 bits per heavy atom. The lowest BCUT2D eigenvalue weighted by Crippen LogP contribution is -2.78. The van der Waals surface area contributed by atoms with Gasteiger partial charge in [-0.05, 0) is 66.5 Å². The number of hydrogen-bond donors (Lipinski definition) is 0. The van der Waals surface area contributed by atoms with E-state index in [-0.39, 0.29) is 48.7 Å². The predicted octanol–water partition coefficient (Wildman–Crippen LogP) is 10.1. The molecule has 0 radical (unpaired) electrons. The molecule has 0 nitrogen and oxygen atoms in total. The zero-order valence-corrected chi connectivity index (χ0v) is 25.2. The molecule has 0 N–H and O–H groups in total. The minimum atomic E-state index is 0.129. The first-order valence-corrected chi connectivity index (χ1v) is 13.2. The van der Waals surface area contributed by atoms with Gasteiger partial charge in [-0.15, -0.1) is 0 Å². The van der Waals surface area contributed by atoms with Crippen molar-refractivity contribution in [3.63, 3.8) is 0 Å². The third-order valence-corrected chi connectivity index (χ3v) is 16.0. The first-order valence-electron chi connectivity index (χ1n) is 13.2. The average Bonchev–Trinajstić information content (AvgIpc) is 2.61. The van der Waals surface area contributed by atoms with Crippen LogP contribution in [0.3, 0.4) is 0 Å². The zero-order valence-electron chi connectivity index (χ0n) is 25.2. The molecule has 0 saturated heterocycles. The highest BCUT2D eigenvalue weighted by Crippen LogP contribution is 2.85. The van der Waals surface area contributed by atoms with Crippen LogP contribution in [0.5, 0.6) is 0 Å². The molecule has 0 aromatic carbocycles. The van der Waals surface area contributed by atoms with Crippen molar-refractivity contribution >= 4 is 0 Å². The first kappa shape index (κ1) is 27.2. The molecule has 184 valence electrons. The van der Waals surface area contributed by atoms with E-state index in [9.17, 15) is 0 Å². The van der Waals surface area contributed by atoms with Crippen molar-refractivity contribution in [2.24, 2.45) is 66.5 Å². The summed E-state index contributed by atoms with van der Waals surface area (Å²) >= 11 is 0. The fourth-order valence-electron chi connectivity index (χ4n) is 10.2. The lowest BCUT2D eigenvalue weighted by atomic mass is 9.21. The van der Waals surface area contributed by atoms with Crippen molar-refractivity contribution in [1.29, 1.82) is 0 Å². The van der Waals surface area contributed by atoms with Crippen LogP contribution in [0.25, 0.3) is 0 Å². The highest BCUT2D eigenvalue weighted by molar-refractivity contribution is 5.27. The quantitative estimate of drug-likeness (QED) is 0.386. The molecule has 3 unspecified atom stereocenters. The first-order chi connectivity index (χ1) is 13.2. The molecule has 0 heteroatoms. The molecule has 2 fully saturated rings. The van der Waals surface area contributed by atoms with Crippen LogP contribution in [-0.2, 0) is 0 Å². The summed E-state index contributed by atoms with van der Waals surface area (Å²) in [5.41, 5.74) is 1.80. The second-order valence-electron chi connectivity index (χ2n) is 16.4. The van der Waals surface area contributed by atoms with Gasteiger partial charge in [0.05, 0.1) is 0 Å². The van der Waals surface area contributed by atoms with Gasteiger partial charge in [-0.3, -0.25) is 0 Å². The minimum Gasteiger partial charge on any atom is -0.0615 e. The van der Waals surface area contributed by atoms with Gasteiger partial charge in [0.15, 0.2) is 0 Å². The van der Waals surface area contributed by atoms with Gasteiger partial charge in [-0.1, -0.05) is 132 Å². The maximum absolute atomic E-state index is 2.72. The van der Waals surface area contributed by atoms with Crippen LogP contribution in [0.4, 0.5) is 0 Å². The molecular weight excluding hydrogens is 372 g/mol. The smallest absolute Gasteiger partial charge is 0.0151 e. The van der Waals surface area contributed by atoms with E-state index in [2.05, 4.69) is 132 Å². The van der Waals surface area contributed by atoms with E-state index in [1.807, 2.05) is 0 Å². The van der Waals surface area contributed by atoms with Crippen LogP contribution in [0.2, 0.25) is 0 Å². The van der Waals surface area contributed by atoms with Gasteiger partial charge in [0.1, 0.15) is 0 Å². The molecule has 0 bridgehead atoms. The maximum atomic E-state index is 2.72. The van der Waals surface area contributed by atoms with E-state index < -0.39 is 0 Å². The van der Waals surface area contributed by atoms with Gasteiger partial charge in [0, 0.05) is 0 Å². The molecule has 3 atom stereocenters. The molecule has 2 rings (SSSR count). The molecule has 0 aromatic rings. The van der Waals surface area contributed by atoms with Crippen molar-refractivity contribution in [1.82, 2.24) is 0 Å². The molecular formula is C31H60. The number of rotatable bonds is 1. The van der Waals surface area contributed by atoms with E-state index in [0.717, 1.165) is 0 Å². The fourth-order valence-corrected chi connectivity index (χ4v) is 10.2. The normalized spacial score (nSPS) is 46.4. The summed E-state index contributed by atoms with van der Waals surface area (Å²) < 4.78 is 0. The zero-order chi connectivity index (χ0) is 25.2. The van der Waals surface area contributed by atoms with Gasteiger partial charge in [-0.2, -0.15) is 0 Å². The van der Waals surface area contributed by atoms with Crippen LogP contribution in [0.1, 0.15) is 132 Å². The second-order valence-corrected chi connectivity index (χ2v) is 16.4. The Labute approximate surface area is 198 Å². The van der Waals surface area contributed by atoms with Crippen molar-refractivity contribution < 1.29 is 0 Å². The second kappa shape index (κ2) is 6.36. The summed E-state index contributed by atoms with van der Waals surface area (Å²) in [5.74, 6) is 1.92. The lowest BCUT2D eigenvalue weighted by Gasteiger charge is -2.83. The largest absolute Gasteiger partial charge is 0.0615 e. The van der Waals surface area contributed by atoms with E-state index >= 15 is 0 Å². The Balaban J connectivity index is 3.11. The standard InChI is InChI=1S/C31H60/c1-20-23(4,5)21(2)30(18,27(12,13)24(20,6)7)31(19)28(14,15)25(8,9)22(3)26(10,11)29(31,16)17/h20-22H,1-19H3. The Morgan fingerprint density at radius 2 is 0.645 bits per heavy atom. The molecule has 2 saturated carbocycles. The van der Waals surface area contributed by atoms with Crippen molar-refractivity contribution in [3.05, 3.63) is 0 Å². The van der Waals surface area contributed by atoms with Gasteiger partial charge in [-0.25, -0.2) is 0 Å². The number of hydrogen-bond acceptors (Lipinski definition) is 0. The third-order valence-electron chi connectivity index (χ3n) is 16.0. The Kier molecular flexibility index (Phi) is 5.59. The summed E-state index contributed by atoms with van der Waals surface area (Å²) in [6.45, 7) is 49.5. The van der Waals surface area contributed by atoms with Crippen molar-refractivity contribution in [2.45, 2.75) is 132 Å². The molecule has 0 aliphatic heterocycles. The Morgan fingerprint density at radius 3 is 0.968 bits per heavy atom. The summed E-state index contributed by atoms with van der Waals surface area (Å²) in [6.07, 6.45) is 0. The monoisotopic (exact) mass is 432 g/mol. The van der Waals surface area contributed by atoms with E-state index in [4.69, 9.17) is 0 Å². The highest BCUT2D eigenvalue weighted by Gasteiger charge is 2.80. The SMILES string of the molecule is CC1C(C)(C)C(C)C(C)(C2(C)C(C)(C)C(C)(C)C(C)C(C)(C)C2(C)C)C(C)(C)C1(C)C. The fraction of sp³-hybridized carbons (Fsp3) is 1.00. The van der Waals surface area contributed by atoms with E-state index in [1.54, 1.807) is 0 Å². The van der Waals surface area contributed by atoms with Crippen LogP contribution < -0.4 is 0 Å². The van der Waals surface area contributed by atoms with E-state index in [0.29, 0.717) is 17.8 Å². The molecule has 0 spiro atoms. The molecule has 2 aliphatic rings. The predicted molar refractivity (Wildman–Crippen MR) is 140 cm³/mol. The Bertz CT molecular complexity index is 695. The molecule has 2 aliphatic carbocycles. The molecule has 0 heterocycles. The van der Waals surface area contributed by atoms with Crippen LogP contribution in [-0.4, -0.2) is 0 Å². The van der Waals surface area contributed by atoms with Gasteiger partial charge in [0.2, 0.25) is 0 Å². The molecule has 0 amide bonds. The van der Waals surface area contributed by atoms with Crippen LogP contribution >= 0.6 is 0 Å². The third kappa shape index (κ3) is 2.40. The van der Waals surface area contributed by atoms with E-state index in [1.165, 1.54) is 0 Å². The van der Waals surface area contributed by atoms with Gasteiger partial charge >= 0.3 is 0 Å². The lowest BCUT2D eigenvalue weighted by molar-refractivity contribution is -0.359. The highest BCUT2D eigenvalue weighted by atomic mass is 14.8. The molecule has 31 heavy (non-hydrogen) atoms.